The van der Waals surface area contributed by atoms with E-state index >= 15 is 0 Å². The molecule has 2 nitrogen and oxygen atoms in total. The van der Waals surface area contributed by atoms with Gasteiger partial charge < -0.3 is 4.74 Å². The van der Waals surface area contributed by atoms with E-state index in [1.54, 1.807) is 0 Å². The van der Waals surface area contributed by atoms with E-state index < -0.39 is 0 Å². The van der Waals surface area contributed by atoms with Crippen molar-refractivity contribution in [3.63, 3.8) is 0 Å². The minimum Gasteiger partial charge on any atom is -0.427 e. The van der Waals surface area contributed by atoms with Gasteiger partial charge >= 0.3 is 5.97 Å². The summed E-state index contributed by atoms with van der Waals surface area (Å²) in [7, 11) is 0. The standard InChI is InChI=1S/C15H20O2/c1-4-5-6-7-12(2)14-8-10-15(11-9-14)17-13(3)16/h4-5,8-12H,6-7H2,1-3H3. The summed E-state index contributed by atoms with van der Waals surface area (Å²) in [6.07, 6.45) is 6.50. The maximum Gasteiger partial charge on any atom is 0.308 e. The van der Waals surface area contributed by atoms with Crippen LogP contribution in [0.15, 0.2) is 36.4 Å². The molecule has 0 fully saturated rings. The Kier molecular flexibility index (Phi) is 5.47. The predicted octanol–water partition coefficient (Wildman–Crippen LogP) is 4.07. The van der Waals surface area contributed by atoms with E-state index in [1.807, 2.05) is 31.2 Å². The van der Waals surface area contributed by atoms with Gasteiger partial charge in [-0.15, -0.1) is 0 Å². The highest BCUT2D eigenvalue weighted by Crippen LogP contribution is 2.23. The van der Waals surface area contributed by atoms with Crippen molar-refractivity contribution in [2.24, 2.45) is 0 Å². The van der Waals surface area contributed by atoms with Gasteiger partial charge in [-0.05, 0) is 43.4 Å². The summed E-state index contributed by atoms with van der Waals surface area (Å²) in [4.78, 5) is 10.8. The van der Waals surface area contributed by atoms with Crippen molar-refractivity contribution in [2.45, 2.75) is 39.5 Å². The van der Waals surface area contributed by atoms with Crippen LogP contribution in [0, 0.1) is 0 Å². The SMILES string of the molecule is CC=CCCC(C)c1ccc(OC(C)=O)cc1. The molecule has 0 saturated heterocycles. The zero-order chi connectivity index (χ0) is 12.7. The highest BCUT2D eigenvalue weighted by Gasteiger charge is 2.05. The second-order valence-corrected chi connectivity index (χ2v) is 4.21. The summed E-state index contributed by atoms with van der Waals surface area (Å²) in [5, 5.41) is 0. The van der Waals surface area contributed by atoms with E-state index in [4.69, 9.17) is 4.74 Å². The molecule has 0 aromatic heterocycles. The fraction of sp³-hybridized carbons (Fsp3) is 0.400. The van der Waals surface area contributed by atoms with E-state index in [2.05, 4.69) is 19.1 Å². The molecule has 0 saturated carbocycles. The molecular weight excluding hydrogens is 212 g/mol. The zero-order valence-electron chi connectivity index (χ0n) is 10.8. The first-order valence-corrected chi connectivity index (χ1v) is 6.03. The maximum atomic E-state index is 10.8. The quantitative estimate of drug-likeness (QED) is 0.434. The Morgan fingerprint density at radius 1 is 1.35 bits per heavy atom. The van der Waals surface area contributed by atoms with Gasteiger partial charge in [-0.2, -0.15) is 0 Å². The Morgan fingerprint density at radius 2 is 2.00 bits per heavy atom. The lowest BCUT2D eigenvalue weighted by Crippen LogP contribution is -2.01. The number of hydrogen-bond donors (Lipinski definition) is 0. The zero-order valence-corrected chi connectivity index (χ0v) is 10.8. The Balaban J connectivity index is 2.57. The fourth-order valence-corrected chi connectivity index (χ4v) is 1.71. The summed E-state index contributed by atoms with van der Waals surface area (Å²) in [5.74, 6) is 0.860. The van der Waals surface area contributed by atoms with Crippen LogP contribution in [0.2, 0.25) is 0 Å². The molecule has 0 N–H and O–H groups in total. The van der Waals surface area contributed by atoms with Gasteiger partial charge in [0.1, 0.15) is 5.75 Å². The molecular formula is C15H20O2. The van der Waals surface area contributed by atoms with E-state index in [-0.39, 0.29) is 5.97 Å². The van der Waals surface area contributed by atoms with Crippen molar-refractivity contribution in [3.05, 3.63) is 42.0 Å². The van der Waals surface area contributed by atoms with Gasteiger partial charge in [0.25, 0.3) is 0 Å². The van der Waals surface area contributed by atoms with Gasteiger partial charge in [-0.25, -0.2) is 0 Å². The average molecular weight is 232 g/mol. The van der Waals surface area contributed by atoms with Crippen LogP contribution >= 0.6 is 0 Å². The van der Waals surface area contributed by atoms with Gasteiger partial charge in [-0.1, -0.05) is 31.2 Å². The predicted molar refractivity (Wildman–Crippen MR) is 70.2 cm³/mol. The smallest absolute Gasteiger partial charge is 0.308 e. The molecule has 17 heavy (non-hydrogen) atoms. The van der Waals surface area contributed by atoms with Crippen molar-refractivity contribution in [1.29, 1.82) is 0 Å². The third kappa shape index (κ3) is 4.85. The van der Waals surface area contributed by atoms with Crippen molar-refractivity contribution in [1.82, 2.24) is 0 Å². The molecule has 0 aliphatic rings. The number of carbonyl (C=O) groups excluding carboxylic acids is 1. The third-order valence-corrected chi connectivity index (χ3v) is 2.71. The van der Waals surface area contributed by atoms with Gasteiger partial charge in [0.2, 0.25) is 0 Å². The first-order chi connectivity index (χ1) is 8.13. The molecule has 0 aliphatic heterocycles. The third-order valence-electron chi connectivity index (χ3n) is 2.71. The molecule has 0 radical (unpaired) electrons. The van der Waals surface area contributed by atoms with Crippen LogP contribution in [0.1, 0.15) is 45.1 Å². The van der Waals surface area contributed by atoms with E-state index in [0.29, 0.717) is 11.7 Å². The Labute approximate surface area is 103 Å². The number of carbonyl (C=O) groups is 1. The summed E-state index contributed by atoms with van der Waals surface area (Å²) in [6, 6.07) is 7.75. The molecule has 0 heterocycles. The van der Waals surface area contributed by atoms with E-state index in [1.165, 1.54) is 12.5 Å². The first-order valence-electron chi connectivity index (χ1n) is 6.03. The largest absolute Gasteiger partial charge is 0.427 e. The first kappa shape index (κ1) is 13.5. The number of allylic oxidation sites excluding steroid dienone is 2. The second kappa shape index (κ2) is 6.89. The van der Waals surface area contributed by atoms with Crippen LogP contribution < -0.4 is 4.74 Å². The molecule has 1 rings (SSSR count). The van der Waals surface area contributed by atoms with Crippen LogP contribution in [0.3, 0.4) is 0 Å². The van der Waals surface area contributed by atoms with E-state index in [9.17, 15) is 4.79 Å². The Morgan fingerprint density at radius 3 is 2.53 bits per heavy atom. The van der Waals surface area contributed by atoms with Crippen molar-refractivity contribution >= 4 is 5.97 Å². The molecule has 1 aromatic rings. The van der Waals surface area contributed by atoms with E-state index in [0.717, 1.165) is 12.8 Å². The van der Waals surface area contributed by atoms with Crippen LogP contribution in [0.25, 0.3) is 0 Å². The van der Waals surface area contributed by atoms with Gasteiger partial charge in [0.15, 0.2) is 0 Å². The van der Waals surface area contributed by atoms with Crippen molar-refractivity contribution < 1.29 is 9.53 Å². The summed E-state index contributed by atoms with van der Waals surface area (Å²) >= 11 is 0. The van der Waals surface area contributed by atoms with Crippen LogP contribution in [0.5, 0.6) is 5.75 Å². The number of hydrogen-bond acceptors (Lipinski definition) is 2. The molecule has 1 atom stereocenters. The van der Waals surface area contributed by atoms with Crippen molar-refractivity contribution in [3.8, 4) is 5.75 Å². The summed E-state index contributed by atoms with van der Waals surface area (Å²) in [5.41, 5.74) is 1.28. The average Bonchev–Trinajstić information content (AvgIpc) is 2.29. The summed E-state index contributed by atoms with van der Waals surface area (Å²) in [6.45, 7) is 5.66. The van der Waals surface area contributed by atoms with Crippen LogP contribution in [0.4, 0.5) is 0 Å². The molecule has 1 unspecified atom stereocenters. The second-order valence-electron chi connectivity index (χ2n) is 4.21. The normalized spacial score (nSPS) is 12.6. The molecule has 0 aliphatic carbocycles. The fourth-order valence-electron chi connectivity index (χ4n) is 1.71. The maximum absolute atomic E-state index is 10.8. The van der Waals surface area contributed by atoms with Crippen LogP contribution in [-0.4, -0.2) is 5.97 Å². The topological polar surface area (TPSA) is 26.3 Å². The summed E-state index contributed by atoms with van der Waals surface area (Å²) < 4.78 is 5.00. The Bertz CT molecular complexity index is 376. The number of benzene rings is 1. The Hall–Kier alpha value is -1.57. The number of rotatable bonds is 5. The molecule has 0 amide bonds. The lowest BCUT2D eigenvalue weighted by molar-refractivity contribution is -0.131. The van der Waals surface area contributed by atoms with Crippen molar-refractivity contribution in [2.75, 3.05) is 0 Å². The van der Waals surface area contributed by atoms with Gasteiger partial charge in [0.05, 0.1) is 0 Å². The van der Waals surface area contributed by atoms with Gasteiger partial charge in [-0.3, -0.25) is 4.79 Å². The highest BCUT2D eigenvalue weighted by molar-refractivity contribution is 5.69. The minimum atomic E-state index is -0.279. The number of ether oxygens (including phenoxy) is 1. The molecule has 1 aromatic carbocycles. The molecule has 92 valence electrons. The highest BCUT2D eigenvalue weighted by atomic mass is 16.5. The number of esters is 1. The molecule has 2 heteroatoms. The molecule has 0 spiro atoms. The van der Waals surface area contributed by atoms with Gasteiger partial charge in [0, 0.05) is 6.92 Å². The lowest BCUT2D eigenvalue weighted by atomic mass is 9.96. The minimum absolute atomic E-state index is 0.279. The molecule has 0 bridgehead atoms. The monoisotopic (exact) mass is 232 g/mol. The van der Waals surface area contributed by atoms with Crippen LogP contribution in [-0.2, 0) is 4.79 Å². The lowest BCUT2D eigenvalue weighted by Gasteiger charge is -2.11.